The second kappa shape index (κ2) is 12.8. The number of nitrogens with one attached hydrogen (secondary N) is 1. The van der Waals surface area contributed by atoms with E-state index < -0.39 is 17.4 Å². The number of β-lactam (4-membered cyclic amide) rings is 1. The zero-order valence-electron chi connectivity index (χ0n) is 21.5. The topological polar surface area (TPSA) is 97.8 Å². The van der Waals surface area contributed by atoms with Gasteiger partial charge in [-0.3, -0.25) is 19.5 Å². The summed E-state index contributed by atoms with van der Waals surface area (Å²) in [6.45, 7) is 0.0313. The molecular formula is C29H26ClN3O5S2. The number of fused-ring (bicyclic) bond motifs is 1. The number of carbonyl (C=O) groups is 3. The number of amides is 2. The first-order valence-corrected chi connectivity index (χ1v) is 14.9. The monoisotopic (exact) mass is 595 g/mol. The molecule has 1 fully saturated rings. The SMILES string of the molecule is COc1ccc(COC(=O)C2=C(Sc3ccncc3CCl)CS[C@H]3[C@H](NC(=O)Cc4ccccc4)C(=O)N23)cc1. The third-order valence-electron chi connectivity index (χ3n) is 6.42. The maximum Gasteiger partial charge on any atom is 0.356 e. The number of halogens is 1. The lowest BCUT2D eigenvalue weighted by Crippen LogP contribution is -2.70. The lowest BCUT2D eigenvalue weighted by atomic mass is 10.0. The van der Waals surface area contributed by atoms with Crippen LogP contribution >= 0.6 is 35.1 Å². The molecule has 1 aromatic heterocycles. The van der Waals surface area contributed by atoms with E-state index >= 15 is 0 Å². The predicted octanol–water partition coefficient (Wildman–Crippen LogP) is 4.52. The normalized spacial score (nSPS) is 18.1. The third-order valence-corrected chi connectivity index (χ3v) is 9.37. The van der Waals surface area contributed by atoms with Gasteiger partial charge in [0.25, 0.3) is 5.91 Å². The minimum atomic E-state index is -0.725. The Bertz CT molecular complexity index is 1440. The van der Waals surface area contributed by atoms with Crippen LogP contribution < -0.4 is 10.1 Å². The molecule has 3 aromatic rings. The maximum absolute atomic E-state index is 13.5. The number of alkyl halides is 1. The van der Waals surface area contributed by atoms with Crippen molar-refractivity contribution in [3.63, 3.8) is 0 Å². The van der Waals surface area contributed by atoms with E-state index in [1.165, 1.54) is 28.4 Å². The van der Waals surface area contributed by atoms with Crippen LogP contribution in [0.2, 0.25) is 0 Å². The number of carbonyl (C=O) groups excluding carboxylic acids is 3. The number of thioether (sulfide) groups is 2. The van der Waals surface area contributed by atoms with Crippen LogP contribution in [-0.4, -0.2) is 51.9 Å². The molecule has 1 saturated heterocycles. The number of hydrogen-bond acceptors (Lipinski definition) is 8. The number of hydrogen-bond donors (Lipinski definition) is 1. The summed E-state index contributed by atoms with van der Waals surface area (Å²) in [5.74, 6) is 0.215. The molecule has 2 aliphatic heterocycles. The van der Waals surface area contributed by atoms with Crippen LogP contribution in [-0.2, 0) is 38.0 Å². The molecule has 8 nitrogen and oxygen atoms in total. The second-order valence-electron chi connectivity index (χ2n) is 9.03. The highest BCUT2D eigenvalue weighted by molar-refractivity contribution is 8.06. The van der Waals surface area contributed by atoms with Crippen LogP contribution in [0.3, 0.4) is 0 Å². The first-order chi connectivity index (χ1) is 19.5. The Balaban J connectivity index is 1.36. The van der Waals surface area contributed by atoms with Gasteiger partial charge in [0.15, 0.2) is 0 Å². The quantitative estimate of drug-likeness (QED) is 0.208. The lowest BCUT2D eigenvalue weighted by molar-refractivity contribution is -0.153. The van der Waals surface area contributed by atoms with E-state index in [0.717, 1.165) is 21.6 Å². The molecule has 0 radical (unpaired) electrons. The van der Waals surface area contributed by atoms with Crippen LogP contribution in [0.5, 0.6) is 5.75 Å². The Hall–Kier alpha value is -3.47. The van der Waals surface area contributed by atoms with Gasteiger partial charge in [0.1, 0.15) is 29.5 Å². The summed E-state index contributed by atoms with van der Waals surface area (Å²) in [5, 5.41) is 2.44. The number of benzene rings is 2. The Morgan fingerprint density at radius 1 is 1.12 bits per heavy atom. The third kappa shape index (κ3) is 6.14. The smallest absolute Gasteiger partial charge is 0.356 e. The van der Waals surface area contributed by atoms with Crippen molar-refractivity contribution < 1.29 is 23.9 Å². The molecule has 3 heterocycles. The van der Waals surface area contributed by atoms with E-state index in [-0.39, 0.29) is 36.4 Å². The fourth-order valence-electron chi connectivity index (χ4n) is 4.35. The van der Waals surface area contributed by atoms with E-state index in [1.54, 1.807) is 31.6 Å². The zero-order chi connectivity index (χ0) is 28.1. The van der Waals surface area contributed by atoms with Crippen molar-refractivity contribution >= 4 is 52.9 Å². The molecule has 1 N–H and O–H groups in total. The summed E-state index contributed by atoms with van der Waals surface area (Å²) in [7, 11) is 1.58. The highest BCUT2D eigenvalue weighted by atomic mass is 35.5. The first kappa shape index (κ1) is 28.1. The maximum atomic E-state index is 13.5. The van der Waals surface area contributed by atoms with E-state index in [9.17, 15) is 14.4 Å². The first-order valence-electron chi connectivity index (χ1n) is 12.5. The summed E-state index contributed by atoms with van der Waals surface area (Å²) in [4.78, 5) is 46.7. The van der Waals surface area contributed by atoms with Gasteiger partial charge in [-0.25, -0.2) is 4.79 Å². The van der Waals surface area contributed by atoms with Crippen molar-refractivity contribution in [3.8, 4) is 5.75 Å². The highest BCUT2D eigenvalue weighted by Gasteiger charge is 2.54. The fraction of sp³-hybridized carbons (Fsp3) is 0.241. The molecule has 2 aliphatic rings. The van der Waals surface area contributed by atoms with Crippen LogP contribution in [0.1, 0.15) is 16.7 Å². The predicted molar refractivity (Wildman–Crippen MR) is 155 cm³/mol. The molecule has 0 unspecified atom stereocenters. The molecule has 0 bridgehead atoms. The number of methoxy groups -OCH3 is 1. The molecule has 0 spiro atoms. The van der Waals surface area contributed by atoms with Crippen molar-refractivity contribution in [1.82, 2.24) is 15.2 Å². The van der Waals surface area contributed by atoms with Gasteiger partial charge in [0.05, 0.1) is 19.4 Å². The van der Waals surface area contributed by atoms with Crippen molar-refractivity contribution in [2.45, 2.75) is 35.2 Å². The van der Waals surface area contributed by atoms with Crippen LogP contribution in [0.15, 0.2) is 88.6 Å². The Morgan fingerprint density at radius 3 is 2.62 bits per heavy atom. The van der Waals surface area contributed by atoms with Crippen LogP contribution in [0, 0.1) is 0 Å². The van der Waals surface area contributed by atoms with E-state index in [1.807, 2.05) is 48.5 Å². The van der Waals surface area contributed by atoms with E-state index in [0.29, 0.717) is 16.4 Å². The standard InChI is InChI=1S/C29H26ClN3O5S2/c1-37-21-9-7-19(8-10-21)16-38-29(36)26-23(40-22-11-12-31-15-20(22)14-30)17-39-28-25(27(35)33(26)28)32-24(34)13-18-5-3-2-4-6-18/h2-12,15,25,28H,13-14,16-17H2,1H3,(H,32,34)/t25-,28+/m1/s1. The van der Waals surface area contributed by atoms with Crippen molar-refractivity contribution in [1.29, 1.82) is 0 Å². The largest absolute Gasteiger partial charge is 0.497 e. The van der Waals surface area contributed by atoms with Crippen LogP contribution in [0.4, 0.5) is 0 Å². The minimum Gasteiger partial charge on any atom is -0.497 e. The Labute approximate surface area is 245 Å². The molecule has 0 saturated carbocycles. The summed E-state index contributed by atoms with van der Waals surface area (Å²) >= 11 is 8.99. The van der Waals surface area contributed by atoms with Crippen molar-refractivity contribution in [3.05, 3.63) is 100 Å². The van der Waals surface area contributed by atoms with Crippen molar-refractivity contribution in [2.24, 2.45) is 0 Å². The molecule has 5 rings (SSSR count). The average Bonchev–Trinajstić information content (AvgIpc) is 2.99. The molecule has 2 amide bonds. The molecule has 2 atom stereocenters. The number of aromatic nitrogens is 1. The van der Waals surface area contributed by atoms with Crippen molar-refractivity contribution in [2.75, 3.05) is 12.9 Å². The summed E-state index contributed by atoms with van der Waals surface area (Å²) in [6, 6.07) is 17.6. The molecule has 206 valence electrons. The van der Waals surface area contributed by atoms with Gasteiger partial charge in [-0.15, -0.1) is 23.4 Å². The minimum absolute atomic E-state index is 0.0313. The lowest BCUT2D eigenvalue weighted by Gasteiger charge is -2.49. The number of pyridine rings is 1. The fourth-order valence-corrected chi connectivity index (χ4v) is 7.21. The zero-order valence-corrected chi connectivity index (χ0v) is 23.9. The van der Waals surface area contributed by atoms with Gasteiger partial charge in [-0.2, -0.15) is 0 Å². The number of esters is 1. The molecule has 11 heteroatoms. The van der Waals surface area contributed by atoms with Gasteiger partial charge >= 0.3 is 5.97 Å². The van der Waals surface area contributed by atoms with Gasteiger partial charge < -0.3 is 14.8 Å². The summed E-state index contributed by atoms with van der Waals surface area (Å²) < 4.78 is 10.9. The van der Waals surface area contributed by atoms with Gasteiger partial charge in [0.2, 0.25) is 5.91 Å². The number of nitrogens with zero attached hydrogens (tertiary/aromatic N) is 2. The molecule has 40 heavy (non-hydrogen) atoms. The second-order valence-corrected chi connectivity index (χ2v) is 11.5. The highest BCUT2D eigenvalue weighted by Crippen LogP contribution is 2.46. The van der Waals surface area contributed by atoms with Gasteiger partial charge in [0, 0.05) is 27.9 Å². The number of rotatable bonds is 10. The molecule has 0 aliphatic carbocycles. The van der Waals surface area contributed by atoms with Gasteiger partial charge in [-0.05, 0) is 34.9 Å². The van der Waals surface area contributed by atoms with E-state index in [4.69, 9.17) is 21.1 Å². The Morgan fingerprint density at radius 2 is 1.90 bits per heavy atom. The summed E-state index contributed by atoms with van der Waals surface area (Å²) in [5.41, 5.74) is 2.65. The molecular weight excluding hydrogens is 570 g/mol. The van der Waals surface area contributed by atoms with E-state index in [2.05, 4.69) is 10.3 Å². The summed E-state index contributed by atoms with van der Waals surface area (Å²) in [6.07, 6.45) is 3.51. The van der Waals surface area contributed by atoms with Gasteiger partial charge in [-0.1, -0.05) is 54.2 Å². The average molecular weight is 596 g/mol. The Kier molecular flexibility index (Phi) is 8.98. The number of ether oxygens (including phenoxy) is 2. The van der Waals surface area contributed by atoms with Crippen LogP contribution in [0.25, 0.3) is 0 Å². The molecule has 2 aromatic carbocycles.